The van der Waals surface area contributed by atoms with E-state index in [1.807, 2.05) is 19.1 Å². The summed E-state index contributed by atoms with van der Waals surface area (Å²) in [5.74, 6) is 2.63. The van der Waals surface area contributed by atoms with Crippen molar-refractivity contribution >= 4 is 5.78 Å². The molecule has 1 aromatic carbocycles. The number of hydrogen-bond acceptors (Lipinski definition) is 2. The molecule has 2 aliphatic rings. The molecule has 2 aliphatic carbocycles. The van der Waals surface area contributed by atoms with E-state index in [-0.39, 0.29) is 11.5 Å². The quantitative estimate of drug-likeness (QED) is 0.599. The van der Waals surface area contributed by atoms with Gasteiger partial charge in [0.05, 0.1) is 0 Å². The Morgan fingerprint density at radius 3 is 2.46 bits per heavy atom. The highest BCUT2D eigenvalue weighted by Gasteiger charge is 2.37. The minimum Gasteiger partial charge on any atom is -0.508 e. The van der Waals surface area contributed by atoms with Crippen LogP contribution in [-0.2, 0) is 11.2 Å². The number of aryl methyl sites for hydroxylation is 1. The molecule has 1 aromatic rings. The zero-order valence-corrected chi connectivity index (χ0v) is 16.4. The van der Waals surface area contributed by atoms with Gasteiger partial charge in [0.2, 0.25) is 0 Å². The first kappa shape index (κ1) is 18.9. The molecule has 3 rings (SSSR count). The van der Waals surface area contributed by atoms with Crippen LogP contribution in [-0.4, -0.2) is 10.9 Å². The number of ketones is 1. The number of allylic oxidation sites excluding steroid dienone is 4. The fourth-order valence-electron chi connectivity index (χ4n) is 4.11. The predicted molar refractivity (Wildman–Crippen MR) is 107 cm³/mol. The van der Waals surface area contributed by atoms with Crippen LogP contribution in [0.1, 0.15) is 63.5 Å². The highest BCUT2D eigenvalue weighted by atomic mass is 16.3. The van der Waals surface area contributed by atoms with Crippen LogP contribution in [0, 0.1) is 24.7 Å². The smallest absolute Gasteiger partial charge is 0.137 e. The van der Waals surface area contributed by atoms with E-state index < -0.39 is 0 Å². The molecule has 0 radical (unpaired) electrons. The van der Waals surface area contributed by atoms with E-state index >= 15 is 0 Å². The average molecular weight is 353 g/mol. The molecule has 2 heteroatoms. The number of hydrogen-bond donors (Lipinski definition) is 1. The van der Waals surface area contributed by atoms with Crippen LogP contribution in [0.5, 0.6) is 5.75 Å². The SMILES string of the molecule is Cc1cccc(O)c1CC(=O)CCC1=CC=C(CCC(C)C)C1C1CC1. The monoisotopic (exact) mass is 352 g/mol. The van der Waals surface area contributed by atoms with Gasteiger partial charge in [0.1, 0.15) is 11.5 Å². The number of carbonyl (C=O) groups excluding carboxylic acids is 1. The van der Waals surface area contributed by atoms with E-state index in [4.69, 9.17) is 0 Å². The third-order valence-electron chi connectivity index (χ3n) is 5.87. The Morgan fingerprint density at radius 2 is 1.85 bits per heavy atom. The van der Waals surface area contributed by atoms with E-state index in [9.17, 15) is 9.90 Å². The second kappa shape index (κ2) is 8.24. The first-order valence-electron chi connectivity index (χ1n) is 10.1. The van der Waals surface area contributed by atoms with Crippen LogP contribution in [0.4, 0.5) is 0 Å². The van der Waals surface area contributed by atoms with E-state index in [1.54, 1.807) is 11.6 Å². The van der Waals surface area contributed by atoms with E-state index in [0.29, 0.717) is 18.8 Å². The highest BCUT2D eigenvalue weighted by molar-refractivity contribution is 5.82. The maximum atomic E-state index is 12.5. The van der Waals surface area contributed by atoms with Gasteiger partial charge >= 0.3 is 0 Å². The molecule has 0 heterocycles. The molecule has 1 fully saturated rings. The van der Waals surface area contributed by atoms with Crippen LogP contribution in [0.3, 0.4) is 0 Å². The van der Waals surface area contributed by atoms with Crippen molar-refractivity contribution in [3.05, 3.63) is 52.6 Å². The second-order valence-corrected chi connectivity index (χ2v) is 8.52. The van der Waals surface area contributed by atoms with Crippen LogP contribution in [0.15, 0.2) is 41.5 Å². The lowest BCUT2D eigenvalue weighted by molar-refractivity contribution is -0.118. The van der Waals surface area contributed by atoms with Crippen LogP contribution in [0.25, 0.3) is 0 Å². The number of carbonyl (C=O) groups is 1. The molecule has 0 aromatic heterocycles. The topological polar surface area (TPSA) is 37.3 Å². The fourth-order valence-corrected chi connectivity index (χ4v) is 4.11. The lowest BCUT2D eigenvalue weighted by Gasteiger charge is -2.20. The maximum Gasteiger partial charge on any atom is 0.137 e. The lowest BCUT2D eigenvalue weighted by Crippen LogP contribution is -2.11. The number of aromatic hydroxyl groups is 1. The fraction of sp³-hybridized carbons (Fsp3) is 0.542. The second-order valence-electron chi connectivity index (χ2n) is 8.52. The first-order valence-corrected chi connectivity index (χ1v) is 10.1. The van der Waals surface area contributed by atoms with Gasteiger partial charge in [0, 0.05) is 24.3 Å². The Morgan fingerprint density at radius 1 is 1.15 bits per heavy atom. The predicted octanol–water partition coefficient (Wildman–Crippen LogP) is 5.92. The lowest BCUT2D eigenvalue weighted by atomic mass is 9.85. The van der Waals surface area contributed by atoms with Crippen molar-refractivity contribution in [3.8, 4) is 5.75 Å². The van der Waals surface area contributed by atoms with Crippen molar-refractivity contribution in [1.29, 1.82) is 0 Å². The van der Waals surface area contributed by atoms with Gasteiger partial charge in [-0.15, -0.1) is 0 Å². The maximum absolute atomic E-state index is 12.5. The van der Waals surface area contributed by atoms with Crippen LogP contribution >= 0.6 is 0 Å². The Hall–Kier alpha value is -1.83. The molecule has 26 heavy (non-hydrogen) atoms. The van der Waals surface area contributed by atoms with E-state index in [2.05, 4.69) is 26.0 Å². The molecule has 0 saturated heterocycles. The Kier molecular flexibility index (Phi) is 6.01. The highest BCUT2D eigenvalue weighted by Crippen LogP contribution is 2.49. The molecule has 1 N–H and O–H groups in total. The summed E-state index contributed by atoms with van der Waals surface area (Å²) in [6.07, 6.45) is 11.5. The molecular formula is C24H32O2. The van der Waals surface area contributed by atoms with Crippen molar-refractivity contribution in [2.24, 2.45) is 17.8 Å². The summed E-state index contributed by atoms with van der Waals surface area (Å²) in [5.41, 5.74) is 4.84. The van der Waals surface area contributed by atoms with Gasteiger partial charge in [-0.3, -0.25) is 4.79 Å². The number of benzene rings is 1. The Labute approximate surface area is 158 Å². The Bertz CT molecular complexity index is 699. The number of phenols is 1. The molecule has 1 unspecified atom stereocenters. The van der Waals surface area contributed by atoms with Gasteiger partial charge in [-0.2, -0.15) is 0 Å². The summed E-state index contributed by atoms with van der Waals surface area (Å²) >= 11 is 0. The van der Waals surface area contributed by atoms with Crippen LogP contribution in [0.2, 0.25) is 0 Å². The summed E-state index contributed by atoms with van der Waals surface area (Å²) < 4.78 is 0. The van der Waals surface area contributed by atoms with Gasteiger partial charge in [-0.1, -0.05) is 49.3 Å². The minimum atomic E-state index is 0.223. The summed E-state index contributed by atoms with van der Waals surface area (Å²) in [5, 5.41) is 10.0. The molecule has 0 amide bonds. The minimum absolute atomic E-state index is 0.223. The molecule has 1 saturated carbocycles. The zero-order valence-electron chi connectivity index (χ0n) is 16.4. The summed E-state index contributed by atoms with van der Waals surface area (Å²) in [7, 11) is 0. The molecule has 1 atom stereocenters. The molecule has 140 valence electrons. The molecular weight excluding hydrogens is 320 g/mol. The van der Waals surface area contributed by atoms with Gasteiger partial charge in [-0.25, -0.2) is 0 Å². The van der Waals surface area contributed by atoms with Gasteiger partial charge < -0.3 is 5.11 Å². The normalized spacial score (nSPS) is 19.6. The Balaban J connectivity index is 1.55. The summed E-state index contributed by atoms with van der Waals surface area (Å²) in [6, 6.07) is 5.45. The largest absolute Gasteiger partial charge is 0.508 e. The number of phenolic OH excluding ortho intramolecular Hbond substituents is 1. The van der Waals surface area contributed by atoms with Crippen molar-refractivity contribution in [2.45, 2.75) is 65.7 Å². The van der Waals surface area contributed by atoms with Gasteiger partial charge in [0.15, 0.2) is 0 Å². The van der Waals surface area contributed by atoms with Gasteiger partial charge in [-0.05, 0) is 62.5 Å². The third-order valence-corrected chi connectivity index (χ3v) is 5.87. The first-order chi connectivity index (χ1) is 12.5. The van der Waals surface area contributed by atoms with E-state index in [0.717, 1.165) is 29.4 Å². The average Bonchev–Trinajstić information content (AvgIpc) is 3.35. The summed E-state index contributed by atoms with van der Waals surface area (Å²) in [4.78, 5) is 12.5. The molecule has 0 aliphatic heterocycles. The molecule has 0 spiro atoms. The van der Waals surface area contributed by atoms with Crippen molar-refractivity contribution in [1.82, 2.24) is 0 Å². The molecule has 0 bridgehead atoms. The van der Waals surface area contributed by atoms with Crippen molar-refractivity contribution < 1.29 is 9.90 Å². The third kappa shape index (κ3) is 4.66. The van der Waals surface area contributed by atoms with Crippen molar-refractivity contribution in [2.75, 3.05) is 0 Å². The van der Waals surface area contributed by atoms with E-state index in [1.165, 1.54) is 31.3 Å². The standard InChI is InChI=1S/C24H32O2/c1-16(2)7-8-18-9-12-20(24(18)19-10-11-19)13-14-21(25)15-22-17(3)5-4-6-23(22)26/h4-6,9,12,16,19,24,26H,7-8,10-11,13-15H2,1-3H3. The van der Waals surface area contributed by atoms with Crippen LogP contribution < -0.4 is 0 Å². The molecule has 2 nitrogen and oxygen atoms in total. The number of rotatable bonds is 9. The van der Waals surface area contributed by atoms with Gasteiger partial charge in [0.25, 0.3) is 0 Å². The summed E-state index contributed by atoms with van der Waals surface area (Å²) in [6.45, 7) is 6.53. The van der Waals surface area contributed by atoms with Crippen molar-refractivity contribution in [3.63, 3.8) is 0 Å². The zero-order chi connectivity index (χ0) is 18.7. The number of Topliss-reactive ketones (excluding diaryl/α,β-unsaturated/α-hetero) is 1.